The van der Waals surface area contributed by atoms with Gasteiger partial charge in [-0.2, -0.15) is 0 Å². The molecule has 2 aromatic carbocycles. The van der Waals surface area contributed by atoms with Gasteiger partial charge in [0.25, 0.3) is 0 Å². The number of ether oxygens (including phenoxy) is 2. The predicted octanol–water partition coefficient (Wildman–Crippen LogP) is 3.35. The third-order valence-electron chi connectivity index (χ3n) is 2.72. The zero-order valence-corrected chi connectivity index (χ0v) is 10.9. The molecule has 0 fully saturated rings. The Morgan fingerprint density at radius 1 is 1.05 bits per heavy atom. The van der Waals surface area contributed by atoms with Gasteiger partial charge in [0.2, 0.25) is 0 Å². The highest BCUT2D eigenvalue weighted by Gasteiger charge is 2.09. The average Bonchev–Trinajstić information content (AvgIpc) is 2.43. The maximum atomic E-state index is 13.7. The van der Waals surface area contributed by atoms with Crippen molar-refractivity contribution in [1.82, 2.24) is 5.32 Å². The molecule has 1 N–H and O–H groups in total. The van der Waals surface area contributed by atoms with E-state index in [1.807, 2.05) is 0 Å². The molecule has 2 aromatic rings. The van der Waals surface area contributed by atoms with Gasteiger partial charge < -0.3 is 14.8 Å². The van der Waals surface area contributed by atoms with Crippen molar-refractivity contribution < 1.29 is 13.9 Å². The van der Waals surface area contributed by atoms with Crippen molar-refractivity contribution in [2.24, 2.45) is 0 Å². The Bertz CT molecular complexity index is 540. The molecule has 0 aliphatic carbocycles. The van der Waals surface area contributed by atoms with Gasteiger partial charge in [-0.15, -0.1) is 0 Å². The third-order valence-corrected chi connectivity index (χ3v) is 2.72. The third kappa shape index (κ3) is 3.23. The molecule has 0 heterocycles. The molecule has 19 heavy (non-hydrogen) atoms. The van der Waals surface area contributed by atoms with Gasteiger partial charge >= 0.3 is 0 Å². The van der Waals surface area contributed by atoms with Crippen molar-refractivity contribution in [3.05, 3.63) is 53.8 Å². The normalized spacial score (nSPS) is 10.3. The van der Waals surface area contributed by atoms with Crippen LogP contribution in [-0.4, -0.2) is 14.2 Å². The fourth-order valence-electron chi connectivity index (χ4n) is 1.75. The molecular weight excluding hydrogens is 245 g/mol. The van der Waals surface area contributed by atoms with Gasteiger partial charge in [0.05, 0.1) is 7.11 Å². The van der Waals surface area contributed by atoms with E-state index < -0.39 is 0 Å². The number of hydrogen-bond acceptors (Lipinski definition) is 3. The quantitative estimate of drug-likeness (QED) is 0.895. The van der Waals surface area contributed by atoms with Crippen LogP contribution in [0.4, 0.5) is 4.39 Å². The first-order valence-electron chi connectivity index (χ1n) is 5.98. The van der Waals surface area contributed by atoms with E-state index in [9.17, 15) is 4.39 Å². The maximum absolute atomic E-state index is 13.7. The molecule has 0 saturated heterocycles. The van der Waals surface area contributed by atoms with Gasteiger partial charge in [-0.3, -0.25) is 0 Å². The van der Waals surface area contributed by atoms with E-state index in [4.69, 9.17) is 9.47 Å². The van der Waals surface area contributed by atoms with Crippen molar-refractivity contribution >= 4 is 0 Å². The lowest BCUT2D eigenvalue weighted by molar-refractivity contribution is 0.412. The van der Waals surface area contributed by atoms with E-state index in [-0.39, 0.29) is 5.82 Å². The second-order valence-corrected chi connectivity index (χ2v) is 4.02. The molecule has 0 bridgehead atoms. The summed E-state index contributed by atoms with van der Waals surface area (Å²) >= 11 is 0. The monoisotopic (exact) mass is 261 g/mol. The molecular formula is C15H16FNO2. The minimum absolute atomic E-state index is 0.277. The lowest BCUT2D eigenvalue weighted by atomic mass is 10.2. The molecule has 100 valence electrons. The summed E-state index contributed by atoms with van der Waals surface area (Å²) in [6.07, 6.45) is 0. The van der Waals surface area contributed by atoms with Crippen LogP contribution in [-0.2, 0) is 6.54 Å². The Kier molecular flexibility index (Phi) is 4.36. The Morgan fingerprint density at radius 2 is 1.74 bits per heavy atom. The highest BCUT2D eigenvalue weighted by Crippen LogP contribution is 2.28. The number of benzene rings is 2. The summed E-state index contributed by atoms with van der Waals surface area (Å²) in [6, 6.07) is 12.0. The summed E-state index contributed by atoms with van der Waals surface area (Å²) in [5, 5.41) is 2.93. The van der Waals surface area contributed by atoms with Crippen LogP contribution in [0.3, 0.4) is 0 Å². The molecule has 0 atom stereocenters. The van der Waals surface area contributed by atoms with Crippen LogP contribution in [0.2, 0.25) is 0 Å². The van der Waals surface area contributed by atoms with Gasteiger partial charge in [0, 0.05) is 12.1 Å². The first kappa shape index (κ1) is 13.4. The molecule has 3 nitrogen and oxygen atoms in total. The average molecular weight is 261 g/mol. The van der Waals surface area contributed by atoms with E-state index in [1.54, 1.807) is 50.6 Å². The first-order valence-corrected chi connectivity index (χ1v) is 5.98. The Balaban J connectivity index is 2.24. The van der Waals surface area contributed by atoms with Crippen molar-refractivity contribution in [3.63, 3.8) is 0 Å². The van der Waals surface area contributed by atoms with Crippen molar-refractivity contribution in [3.8, 4) is 17.2 Å². The number of nitrogens with one attached hydrogen (secondary N) is 1. The lowest BCUT2D eigenvalue weighted by Crippen LogP contribution is -2.08. The van der Waals surface area contributed by atoms with Crippen molar-refractivity contribution in [2.75, 3.05) is 14.2 Å². The molecule has 0 unspecified atom stereocenters. The standard InChI is InChI=1S/C15H16FNO2/c1-17-10-13-14(16)4-3-5-15(13)19-12-8-6-11(18-2)7-9-12/h3-9,17H,10H2,1-2H3. The second-order valence-electron chi connectivity index (χ2n) is 4.02. The molecule has 0 spiro atoms. The SMILES string of the molecule is CNCc1c(F)cccc1Oc1ccc(OC)cc1. The molecule has 0 amide bonds. The zero-order valence-electron chi connectivity index (χ0n) is 10.9. The van der Waals surface area contributed by atoms with Crippen LogP contribution >= 0.6 is 0 Å². The maximum Gasteiger partial charge on any atom is 0.134 e. The van der Waals surface area contributed by atoms with Crippen molar-refractivity contribution in [1.29, 1.82) is 0 Å². The van der Waals surface area contributed by atoms with Gasteiger partial charge in [-0.1, -0.05) is 6.07 Å². The summed E-state index contributed by atoms with van der Waals surface area (Å²) in [7, 11) is 3.37. The molecule has 4 heteroatoms. The summed E-state index contributed by atoms with van der Waals surface area (Å²) in [6.45, 7) is 0.415. The van der Waals surface area contributed by atoms with Crippen LogP contribution in [0, 0.1) is 5.82 Å². The highest BCUT2D eigenvalue weighted by molar-refractivity contribution is 5.40. The van der Waals surface area contributed by atoms with E-state index in [0.29, 0.717) is 23.6 Å². The van der Waals surface area contributed by atoms with Crippen LogP contribution < -0.4 is 14.8 Å². The van der Waals surface area contributed by atoms with E-state index >= 15 is 0 Å². The van der Waals surface area contributed by atoms with Gasteiger partial charge in [0.15, 0.2) is 0 Å². The van der Waals surface area contributed by atoms with Crippen molar-refractivity contribution in [2.45, 2.75) is 6.54 Å². The summed E-state index contributed by atoms with van der Waals surface area (Å²) in [5.41, 5.74) is 0.515. The second kappa shape index (κ2) is 6.20. The zero-order chi connectivity index (χ0) is 13.7. The minimum atomic E-state index is -0.277. The molecule has 0 aromatic heterocycles. The minimum Gasteiger partial charge on any atom is -0.497 e. The number of halogens is 1. The van der Waals surface area contributed by atoms with Crippen LogP contribution in [0.25, 0.3) is 0 Å². The summed E-state index contributed by atoms with van der Waals surface area (Å²) in [4.78, 5) is 0. The van der Waals surface area contributed by atoms with Crippen LogP contribution in [0.1, 0.15) is 5.56 Å². The molecule has 0 aliphatic heterocycles. The molecule has 0 radical (unpaired) electrons. The van der Waals surface area contributed by atoms with Gasteiger partial charge in [-0.05, 0) is 43.4 Å². The molecule has 0 saturated carbocycles. The largest absolute Gasteiger partial charge is 0.497 e. The van der Waals surface area contributed by atoms with E-state index in [0.717, 1.165) is 5.75 Å². The fraction of sp³-hybridized carbons (Fsp3) is 0.200. The van der Waals surface area contributed by atoms with Crippen LogP contribution in [0.5, 0.6) is 17.2 Å². The number of rotatable bonds is 5. The molecule has 0 aliphatic rings. The van der Waals surface area contributed by atoms with Crippen LogP contribution in [0.15, 0.2) is 42.5 Å². The predicted molar refractivity (Wildman–Crippen MR) is 72.2 cm³/mol. The Labute approximate surface area is 112 Å². The smallest absolute Gasteiger partial charge is 0.134 e. The Hall–Kier alpha value is -2.07. The Morgan fingerprint density at radius 3 is 2.37 bits per heavy atom. The number of hydrogen-bond donors (Lipinski definition) is 1. The summed E-state index contributed by atoms with van der Waals surface area (Å²) in [5.74, 6) is 1.63. The number of methoxy groups -OCH3 is 1. The summed E-state index contributed by atoms with van der Waals surface area (Å²) < 4.78 is 24.5. The van der Waals surface area contributed by atoms with E-state index in [1.165, 1.54) is 6.07 Å². The highest BCUT2D eigenvalue weighted by atomic mass is 19.1. The first-order chi connectivity index (χ1) is 9.24. The van der Waals surface area contributed by atoms with E-state index in [2.05, 4.69) is 5.32 Å². The molecule has 2 rings (SSSR count). The van der Waals surface area contributed by atoms with Gasteiger partial charge in [0.1, 0.15) is 23.1 Å². The fourth-order valence-corrected chi connectivity index (χ4v) is 1.75. The topological polar surface area (TPSA) is 30.5 Å². The lowest BCUT2D eigenvalue weighted by Gasteiger charge is -2.12. The van der Waals surface area contributed by atoms with Gasteiger partial charge in [-0.25, -0.2) is 4.39 Å².